The van der Waals surface area contributed by atoms with Crippen LogP contribution in [0.5, 0.6) is 0 Å². The molecular weight excluding hydrogens is 288 g/mol. The summed E-state index contributed by atoms with van der Waals surface area (Å²) in [4.78, 5) is 35.3. The number of ketones is 1. The largest absolute Gasteiger partial charge is 0.462 e. The third-order valence-electron chi connectivity index (χ3n) is 2.85. The maximum atomic E-state index is 11.8. The molecule has 22 heavy (non-hydrogen) atoms. The molecule has 0 aliphatic carbocycles. The normalized spacial score (nSPS) is 11.3. The Hall–Kier alpha value is -2.96. The van der Waals surface area contributed by atoms with Gasteiger partial charge in [0.2, 0.25) is 5.69 Å². The van der Waals surface area contributed by atoms with Crippen molar-refractivity contribution < 1.29 is 23.5 Å². The number of aromatic nitrogens is 2. The highest BCUT2D eigenvalue weighted by atomic mass is 16.5. The van der Waals surface area contributed by atoms with Crippen LogP contribution in [0.15, 0.2) is 45.2 Å². The molecule has 0 saturated carbocycles. The SMILES string of the molecule is CCOC(=O)/C(=C\c1c(=O)o[nH][n+]1-c1ccccc1)C(C)=O. The van der Waals surface area contributed by atoms with Gasteiger partial charge in [0.1, 0.15) is 5.57 Å². The molecule has 1 aromatic carbocycles. The summed E-state index contributed by atoms with van der Waals surface area (Å²) in [6, 6.07) is 8.84. The van der Waals surface area contributed by atoms with Gasteiger partial charge < -0.3 is 4.74 Å². The van der Waals surface area contributed by atoms with Crippen molar-refractivity contribution in [2.45, 2.75) is 13.8 Å². The van der Waals surface area contributed by atoms with Gasteiger partial charge in [0.05, 0.1) is 6.61 Å². The number of esters is 1. The zero-order chi connectivity index (χ0) is 16.1. The van der Waals surface area contributed by atoms with Crippen LogP contribution in [0, 0.1) is 0 Å². The van der Waals surface area contributed by atoms with E-state index in [9.17, 15) is 14.4 Å². The van der Waals surface area contributed by atoms with Crippen LogP contribution in [0.25, 0.3) is 11.8 Å². The van der Waals surface area contributed by atoms with Gasteiger partial charge in [0.25, 0.3) is 0 Å². The zero-order valence-corrected chi connectivity index (χ0v) is 12.2. The van der Waals surface area contributed by atoms with E-state index in [0.717, 1.165) is 6.08 Å². The van der Waals surface area contributed by atoms with Crippen LogP contribution in [0.1, 0.15) is 19.5 Å². The van der Waals surface area contributed by atoms with Crippen LogP contribution >= 0.6 is 0 Å². The van der Waals surface area contributed by atoms with Crippen LogP contribution in [0.2, 0.25) is 0 Å². The Morgan fingerprint density at radius 2 is 2.00 bits per heavy atom. The highest BCUT2D eigenvalue weighted by Gasteiger charge is 2.25. The molecule has 0 radical (unpaired) electrons. The fraction of sp³-hybridized carbons (Fsp3) is 0.200. The van der Waals surface area contributed by atoms with Crippen LogP contribution in [0.3, 0.4) is 0 Å². The van der Waals surface area contributed by atoms with Crippen molar-refractivity contribution in [2.24, 2.45) is 0 Å². The van der Waals surface area contributed by atoms with Gasteiger partial charge in [-0.1, -0.05) is 18.2 Å². The van der Waals surface area contributed by atoms with Crippen molar-refractivity contribution in [1.82, 2.24) is 5.27 Å². The van der Waals surface area contributed by atoms with Crippen molar-refractivity contribution in [2.75, 3.05) is 6.61 Å². The summed E-state index contributed by atoms with van der Waals surface area (Å²) >= 11 is 0. The van der Waals surface area contributed by atoms with Crippen LogP contribution in [-0.4, -0.2) is 23.6 Å². The molecule has 1 N–H and O–H groups in total. The molecule has 0 fully saturated rings. The van der Waals surface area contributed by atoms with Gasteiger partial charge in [-0.15, -0.1) is 0 Å². The molecule has 0 aliphatic rings. The number of para-hydroxylation sites is 1. The van der Waals surface area contributed by atoms with Crippen molar-refractivity contribution in [1.29, 1.82) is 0 Å². The molecule has 7 nitrogen and oxygen atoms in total. The molecule has 0 bridgehead atoms. The number of carbonyl (C=O) groups is 2. The van der Waals surface area contributed by atoms with Crippen LogP contribution < -0.4 is 10.3 Å². The van der Waals surface area contributed by atoms with Gasteiger partial charge in [-0.2, -0.15) is 0 Å². The lowest BCUT2D eigenvalue weighted by molar-refractivity contribution is -0.672. The molecule has 0 amide bonds. The molecule has 2 rings (SSSR count). The van der Waals surface area contributed by atoms with Crippen LogP contribution in [0.4, 0.5) is 0 Å². The molecule has 0 unspecified atom stereocenters. The number of ether oxygens (including phenoxy) is 1. The van der Waals surface area contributed by atoms with Gasteiger partial charge in [0, 0.05) is 18.2 Å². The highest BCUT2D eigenvalue weighted by molar-refractivity contribution is 6.19. The minimum atomic E-state index is -0.782. The van der Waals surface area contributed by atoms with Gasteiger partial charge in [0.15, 0.2) is 5.78 Å². The predicted octanol–water partition coefficient (Wildman–Crippen LogP) is 0.780. The standard InChI is InChI=1S/C15H14N2O5/c1-3-21-14(19)12(10(2)18)9-13-15(20)22-16-17(13)11-7-5-4-6-8-11/h4-9H,3H2,1-2H3/p+1. The third-order valence-corrected chi connectivity index (χ3v) is 2.85. The van der Waals surface area contributed by atoms with Crippen molar-refractivity contribution >= 4 is 17.8 Å². The van der Waals surface area contributed by atoms with Crippen LogP contribution in [-0.2, 0) is 14.3 Å². The predicted molar refractivity (Wildman–Crippen MR) is 76.2 cm³/mol. The minimum Gasteiger partial charge on any atom is -0.462 e. The average Bonchev–Trinajstić information content (AvgIpc) is 2.86. The number of hydrogen-bond acceptors (Lipinski definition) is 5. The second kappa shape index (κ2) is 6.66. The number of Topliss-reactive ketones (excluding diaryl/α,β-unsaturated/α-hetero) is 1. The van der Waals surface area contributed by atoms with E-state index in [4.69, 9.17) is 9.26 Å². The molecule has 0 spiro atoms. The number of nitrogens with zero attached hydrogens (tertiary/aromatic N) is 1. The quantitative estimate of drug-likeness (QED) is 0.290. The summed E-state index contributed by atoms with van der Waals surface area (Å²) in [5, 5.41) is 2.43. The lowest BCUT2D eigenvalue weighted by Crippen LogP contribution is -2.37. The summed E-state index contributed by atoms with van der Waals surface area (Å²) in [6.07, 6.45) is 1.16. The molecule has 0 atom stereocenters. The molecule has 7 heteroatoms. The van der Waals surface area contributed by atoms with Gasteiger partial charge >= 0.3 is 17.3 Å². The molecule has 0 saturated heterocycles. The lowest BCUT2D eigenvalue weighted by Gasteiger charge is -2.01. The summed E-state index contributed by atoms with van der Waals surface area (Å²) in [7, 11) is 0. The van der Waals surface area contributed by atoms with Gasteiger partial charge in [-0.05, 0) is 23.8 Å². The first-order valence-electron chi connectivity index (χ1n) is 6.63. The average molecular weight is 303 g/mol. The van der Waals surface area contributed by atoms with Crippen molar-refractivity contribution in [3.63, 3.8) is 0 Å². The molecule has 2 aromatic rings. The molecule has 1 aromatic heterocycles. The maximum Gasteiger partial charge on any atom is 0.435 e. The Kier molecular flexibility index (Phi) is 4.67. The number of aromatic amines is 1. The van der Waals surface area contributed by atoms with E-state index in [2.05, 4.69) is 5.27 Å². The Morgan fingerprint density at radius 1 is 1.32 bits per heavy atom. The summed E-state index contributed by atoms with van der Waals surface area (Å²) in [5.74, 6) is -1.28. The number of nitrogens with one attached hydrogen (secondary N) is 1. The van der Waals surface area contributed by atoms with Gasteiger partial charge in [-0.3, -0.25) is 9.32 Å². The van der Waals surface area contributed by atoms with E-state index < -0.39 is 17.4 Å². The lowest BCUT2D eigenvalue weighted by atomic mass is 10.1. The van der Waals surface area contributed by atoms with E-state index in [0.29, 0.717) is 5.69 Å². The first-order chi connectivity index (χ1) is 10.5. The number of carbonyl (C=O) groups excluding carboxylic acids is 2. The highest BCUT2D eigenvalue weighted by Crippen LogP contribution is 2.06. The van der Waals surface area contributed by atoms with E-state index in [-0.39, 0.29) is 17.9 Å². The minimum absolute atomic E-state index is 0.0180. The van der Waals surface area contributed by atoms with Gasteiger partial charge in [-0.25, -0.2) is 9.59 Å². The number of hydrogen-bond donors (Lipinski definition) is 1. The number of H-pyrrole nitrogens is 1. The fourth-order valence-corrected chi connectivity index (χ4v) is 1.82. The number of benzene rings is 1. The molecule has 0 aliphatic heterocycles. The smallest absolute Gasteiger partial charge is 0.435 e. The summed E-state index contributed by atoms with van der Waals surface area (Å²) < 4.78 is 10.9. The van der Waals surface area contributed by atoms with E-state index in [1.807, 2.05) is 6.07 Å². The van der Waals surface area contributed by atoms with Crippen molar-refractivity contribution in [3.05, 3.63) is 52.0 Å². The molecule has 114 valence electrons. The van der Waals surface area contributed by atoms with E-state index in [1.54, 1.807) is 31.2 Å². The topological polar surface area (TPSA) is 93.2 Å². The summed E-state index contributed by atoms with van der Waals surface area (Å²) in [6.45, 7) is 2.98. The Bertz CT molecular complexity index is 771. The first kappa shape index (κ1) is 15.4. The number of rotatable bonds is 5. The van der Waals surface area contributed by atoms with E-state index in [1.165, 1.54) is 11.6 Å². The summed E-state index contributed by atoms with van der Waals surface area (Å²) in [5.41, 5.74) is -0.291. The fourth-order valence-electron chi connectivity index (χ4n) is 1.82. The zero-order valence-electron chi connectivity index (χ0n) is 12.2. The second-order valence-corrected chi connectivity index (χ2v) is 4.37. The van der Waals surface area contributed by atoms with Crippen molar-refractivity contribution in [3.8, 4) is 5.69 Å². The Labute approximate surface area is 125 Å². The maximum absolute atomic E-state index is 11.8. The monoisotopic (exact) mass is 303 g/mol. The van der Waals surface area contributed by atoms with E-state index >= 15 is 0 Å². The second-order valence-electron chi connectivity index (χ2n) is 4.37. The molecule has 1 heterocycles. The first-order valence-corrected chi connectivity index (χ1v) is 6.63. The Morgan fingerprint density at radius 3 is 2.59 bits per heavy atom. The molecular formula is C15H15N2O5+. The Balaban J connectivity index is 2.54. The third kappa shape index (κ3) is 3.20.